The van der Waals surface area contributed by atoms with Gasteiger partial charge < -0.3 is 4.90 Å². The Morgan fingerprint density at radius 3 is 2.60 bits per heavy atom. The Labute approximate surface area is 90.5 Å². The highest BCUT2D eigenvalue weighted by Crippen LogP contribution is 2.36. The Balaban J connectivity index is 1.81. The molecule has 0 aliphatic heterocycles. The summed E-state index contributed by atoms with van der Waals surface area (Å²) in [6, 6.07) is 2.91. The molecule has 0 spiro atoms. The predicted molar refractivity (Wildman–Crippen MR) is 60.0 cm³/mol. The highest BCUT2D eigenvalue weighted by atomic mass is 15.2. The molecule has 0 aromatic carbocycles. The maximum atomic E-state index is 4.39. The lowest BCUT2D eigenvalue weighted by atomic mass is 9.83. The largest absolute Gasteiger partial charge is 0.357 e. The lowest BCUT2D eigenvalue weighted by Crippen LogP contribution is -2.21. The molecule has 2 saturated carbocycles. The molecule has 2 fully saturated rings. The van der Waals surface area contributed by atoms with Gasteiger partial charge in [-0.2, -0.15) is 0 Å². The first-order valence-corrected chi connectivity index (χ1v) is 5.89. The van der Waals surface area contributed by atoms with Crippen LogP contribution in [0.2, 0.25) is 0 Å². The van der Waals surface area contributed by atoms with Gasteiger partial charge in [0, 0.05) is 30.8 Å². The highest BCUT2D eigenvalue weighted by Gasteiger charge is 2.28. The van der Waals surface area contributed by atoms with Crippen LogP contribution >= 0.6 is 0 Å². The van der Waals surface area contributed by atoms with Crippen LogP contribution in [0.25, 0.3) is 0 Å². The van der Waals surface area contributed by atoms with Gasteiger partial charge in [0.2, 0.25) is 0 Å². The minimum Gasteiger partial charge on any atom is -0.357 e. The van der Waals surface area contributed by atoms with Crippen molar-refractivity contribution in [2.24, 2.45) is 0 Å². The molecule has 3 rings (SSSR count). The van der Waals surface area contributed by atoms with Gasteiger partial charge >= 0.3 is 0 Å². The van der Waals surface area contributed by atoms with Crippen LogP contribution in [0.1, 0.15) is 43.7 Å². The van der Waals surface area contributed by atoms with Crippen molar-refractivity contribution in [1.82, 2.24) is 9.97 Å². The lowest BCUT2D eigenvalue weighted by molar-refractivity contribution is 0.410. The van der Waals surface area contributed by atoms with Crippen molar-refractivity contribution in [3.05, 3.63) is 18.1 Å². The predicted octanol–water partition coefficient (Wildman–Crippen LogP) is 2.34. The number of aromatic nitrogens is 2. The van der Waals surface area contributed by atoms with Crippen molar-refractivity contribution in [2.45, 2.75) is 44.1 Å². The standard InChI is InChI=1S/C12H17N3/c1-15(10-5-6-10)12-7-11(13-8-14-12)9-3-2-4-9/h7-10H,2-6H2,1H3. The second-order valence-corrected chi connectivity index (χ2v) is 4.77. The quantitative estimate of drug-likeness (QED) is 0.755. The molecule has 3 nitrogen and oxygen atoms in total. The first-order valence-electron chi connectivity index (χ1n) is 5.89. The summed E-state index contributed by atoms with van der Waals surface area (Å²) in [4.78, 5) is 11.0. The van der Waals surface area contributed by atoms with E-state index >= 15 is 0 Å². The fraction of sp³-hybridized carbons (Fsp3) is 0.667. The van der Waals surface area contributed by atoms with Gasteiger partial charge in [-0.25, -0.2) is 9.97 Å². The number of hydrogen-bond donors (Lipinski definition) is 0. The summed E-state index contributed by atoms with van der Waals surface area (Å²) in [5, 5.41) is 0. The zero-order chi connectivity index (χ0) is 10.3. The Bertz CT molecular complexity index is 356. The van der Waals surface area contributed by atoms with Crippen molar-refractivity contribution in [3.63, 3.8) is 0 Å². The lowest BCUT2D eigenvalue weighted by Gasteiger charge is -2.26. The van der Waals surface area contributed by atoms with Crippen LogP contribution in [-0.4, -0.2) is 23.1 Å². The summed E-state index contributed by atoms with van der Waals surface area (Å²) < 4.78 is 0. The number of anilines is 1. The van der Waals surface area contributed by atoms with Gasteiger partial charge in [0.15, 0.2) is 0 Å². The molecule has 0 bridgehead atoms. The summed E-state index contributed by atoms with van der Waals surface area (Å²) >= 11 is 0. The molecule has 0 atom stereocenters. The summed E-state index contributed by atoms with van der Waals surface area (Å²) in [5.41, 5.74) is 1.25. The van der Waals surface area contributed by atoms with Gasteiger partial charge in [-0.3, -0.25) is 0 Å². The maximum Gasteiger partial charge on any atom is 0.132 e. The molecular weight excluding hydrogens is 186 g/mol. The second kappa shape index (κ2) is 3.47. The van der Waals surface area contributed by atoms with Crippen LogP contribution in [0.3, 0.4) is 0 Å². The van der Waals surface area contributed by atoms with Gasteiger partial charge in [0.1, 0.15) is 12.1 Å². The van der Waals surface area contributed by atoms with Crippen molar-refractivity contribution in [3.8, 4) is 0 Å². The molecular formula is C12H17N3. The average Bonchev–Trinajstić information content (AvgIpc) is 2.97. The first kappa shape index (κ1) is 9.13. The number of rotatable bonds is 3. The van der Waals surface area contributed by atoms with Crippen LogP contribution < -0.4 is 4.90 Å². The number of hydrogen-bond acceptors (Lipinski definition) is 3. The van der Waals surface area contributed by atoms with Crippen molar-refractivity contribution in [2.75, 3.05) is 11.9 Å². The zero-order valence-electron chi connectivity index (χ0n) is 9.19. The molecule has 1 aromatic rings. The van der Waals surface area contributed by atoms with E-state index in [4.69, 9.17) is 0 Å². The fourth-order valence-electron chi connectivity index (χ4n) is 2.13. The van der Waals surface area contributed by atoms with E-state index in [2.05, 4.69) is 28.0 Å². The molecule has 1 aromatic heterocycles. The molecule has 15 heavy (non-hydrogen) atoms. The molecule has 2 aliphatic rings. The Morgan fingerprint density at radius 2 is 2.00 bits per heavy atom. The maximum absolute atomic E-state index is 4.39. The van der Waals surface area contributed by atoms with Crippen LogP contribution in [-0.2, 0) is 0 Å². The Morgan fingerprint density at radius 1 is 1.20 bits per heavy atom. The minimum atomic E-state index is 0.708. The molecule has 3 heteroatoms. The molecule has 0 amide bonds. The van der Waals surface area contributed by atoms with Gasteiger partial charge in [0.25, 0.3) is 0 Å². The van der Waals surface area contributed by atoms with Crippen molar-refractivity contribution < 1.29 is 0 Å². The Hall–Kier alpha value is -1.12. The molecule has 0 saturated heterocycles. The van der Waals surface area contributed by atoms with E-state index in [-0.39, 0.29) is 0 Å². The zero-order valence-corrected chi connectivity index (χ0v) is 9.19. The van der Waals surface area contributed by atoms with Crippen LogP contribution in [0, 0.1) is 0 Å². The topological polar surface area (TPSA) is 29.0 Å². The summed E-state index contributed by atoms with van der Waals surface area (Å²) in [7, 11) is 2.14. The van der Waals surface area contributed by atoms with E-state index in [1.165, 1.54) is 37.8 Å². The molecule has 0 N–H and O–H groups in total. The third kappa shape index (κ3) is 1.71. The van der Waals surface area contributed by atoms with Crippen molar-refractivity contribution >= 4 is 5.82 Å². The molecule has 0 unspecified atom stereocenters. The van der Waals surface area contributed by atoms with E-state index < -0.39 is 0 Å². The first-order chi connectivity index (χ1) is 7.34. The number of nitrogens with zero attached hydrogens (tertiary/aromatic N) is 3. The summed E-state index contributed by atoms with van der Waals surface area (Å²) in [6.07, 6.45) is 8.34. The van der Waals surface area contributed by atoms with E-state index in [0.29, 0.717) is 5.92 Å². The average molecular weight is 203 g/mol. The highest BCUT2D eigenvalue weighted by molar-refractivity contribution is 5.41. The van der Waals surface area contributed by atoms with E-state index in [9.17, 15) is 0 Å². The second-order valence-electron chi connectivity index (χ2n) is 4.77. The van der Waals surface area contributed by atoms with Crippen LogP contribution in [0.15, 0.2) is 12.4 Å². The summed E-state index contributed by atoms with van der Waals surface area (Å²) in [5.74, 6) is 1.81. The van der Waals surface area contributed by atoms with Gasteiger partial charge in [-0.15, -0.1) is 0 Å². The molecule has 1 heterocycles. The molecule has 0 radical (unpaired) electrons. The van der Waals surface area contributed by atoms with E-state index in [0.717, 1.165) is 11.9 Å². The van der Waals surface area contributed by atoms with Gasteiger partial charge in [-0.1, -0.05) is 6.42 Å². The van der Waals surface area contributed by atoms with Crippen molar-refractivity contribution in [1.29, 1.82) is 0 Å². The minimum absolute atomic E-state index is 0.708. The van der Waals surface area contributed by atoms with E-state index in [1.807, 2.05) is 0 Å². The van der Waals surface area contributed by atoms with E-state index in [1.54, 1.807) is 6.33 Å². The normalized spacial score (nSPS) is 21.1. The fourth-order valence-corrected chi connectivity index (χ4v) is 2.13. The van der Waals surface area contributed by atoms with Crippen LogP contribution in [0.4, 0.5) is 5.82 Å². The van der Waals surface area contributed by atoms with Gasteiger partial charge in [-0.05, 0) is 25.7 Å². The van der Waals surface area contributed by atoms with Gasteiger partial charge in [0.05, 0.1) is 0 Å². The third-order valence-corrected chi connectivity index (χ3v) is 3.65. The molecule has 80 valence electrons. The van der Waals surface area contributed by atoms with Crippen LogP contribution in [0.5, 0.6) is 0 Å². The molecule has 2 aliphatic carbocycles. The Kier molecular flexibility index (Phi) is 2.11. The smallest absolute Gasteiger partial charge is 0.132 e. The SMILES string of the molecule is CN(c1cc(C2CCC2)ncn1)C1CC1. The third-order valence-electron chi connectivity index (χ3n) is 3.65. The monoisotopic (exact) mass is 203 g/mol. The summed E-state index contributed by atoms with van der Waals surface area (Å²) in [6.45, 7) is 0.